The lowest BCUT2D eigenvalue weighted by molar-refractivity contribution is 0.0448. The van der Waals surface area contributed by atoms with Gasteiger partial charge in [-0.15, -0.1) is 6.42 Å². The van der Waals surface area contributed by atoms with Crippen molar-refractivity contribution in [3.63, 3.8) is 0 Å². The monoisotopic (exact) mass is 248 g/mol. The summed E-state index contributed by atoms with van der Waals surface area (Å²) >= 11 is 0. The summed E-state index contributed by atoms with van der Waals surface area (Å²) in [7, 11) is 0. The van der Waals surface area contributed by atoms with Crippen LogP contribution in [0.1, 0.15) is 0 Å². The van der Waals surface area contributed by atoms with Gasteiger partial charge in [-0.3, -0.25) is 0 Å². The highest BCUT2D eigenvalue weighted by atomic mass is 19.1. The van der Waals surface area contributed by atoms with Gasteiger partial charge >= 0.3 is 6.03 Å². The molecule has 0 aliphatic carbocycles. The number of hydrogen-bond donors (Lipinski definition) is 1. The molecule has 1 saturated heterocycles. The van der Waals surface area contributed by atoms with Crippen molar-refractivity contribution < 1.29 is 13.9 Å². The fourth-order valence-electron chi connectivity index (χ4n) is 1.62. The van der Waals surface area contributed by atoms with Crippen molar-refractivity contribution in [3.8, 4) is 18.1 Å². The van der Waals surface area contributed by atoms with Gasteiger partial charge in [0.15, 0.2) is 0 Å². The molecule has 1 aliphatic heterocycles. The second kappa shape index (κ2) is 5.41. The molecule has 0 saturated carbocycles. The van der Waals surface area contributed by atoms with E-state index in [1.165, 1.54) is 12.1 Å². The highest BCUT2D eigenvalue weighted by Gasteiger charge is 2.31. The summed E-state index contributed by atoms with van der Waals surface area (Å²) in [5, 5.41) is 2.57. The summed E-state index contributed by atoms with van der Waals surface area (Å²) in [6, 6.07) is 5.62. The Morgan fingerprint density at radius 3 is 2.78 bits per heavy atom. The quantitative estimate of drug-likeness (QED) is 0.817. The van der Waals surface area contributed by atoms with Gasteiger partial charge in [-0.05, 0) is 24.3 Å². The van der Waals surface area contributed by atoms with Crippen molar-refractivity contribution in [3.05, 3.63) is 30.1 Å². The first-order valence-electron chi connectivity index (χ1n) is 5.57. The molecule has 1 aromatic carbocycles. The number of halogens is 1. The molecule has 0 atom stereocenters. The highest BCUT2D eigenvalue weighted by Crippen LogP contribution is 2.18. The number of carbonyl (C=O) groups excluding carboxylic acids is 1. The molecular weight excluding hydrogens is 235 g/mol. The molecule has 0 radical (unpaired) electrons. The molecule has 18 heavy (non-hydrogen) atoms. The highest BCUT2D eigenvalue weighted by molar-refractivity contribution is 5.75. The maximum Gasteiger partial charge on any atom is 0.318 e. The molecule has 94 valence electrons. The fraction of sp³-hybridized carbons (Fsp3) is 0.308. The molecule has 2 rings (SSSR count). The standard InChI is InChI=1S/C13H13FN2O2/c1-2-7-15-13(17)16-8-12(9-16)18-11-5-3-10(14)4-6-11/h1,3-6,12H,7-9H2,(H,15,17). The van der Waals surface area contributed by atoms with E-state index in [0.29, 0.717) is 18.8 Å². The van der Waals surface area contributed by atoms with E-state index in [1.807, 2.05) is 0 Å². The van der Waals surface area contributed by atoms with Crippen LogP contribution in [0.2, 0.25) is 0 Å². The van der Waals surface area contributed by atoms with Crippen molar-refractivity contribution >= 4 is 6.03 Å². The van der Waals surface area contributed by atoms with E-state index >= 15 is 0 Å². The van der Waals surface area contributed by atoms with Crippen molar-refractivity contribution in [2.24, 2.45) is 0 Å². The maximum atomic E-state index is 12.7. The molecule has 1 aliphatic rings. The SMILES string of the molecule is C#CCNC(=O)N1CC(Oc2ccc(F)cc2)C1. The zero-order chi connectivity index (χ0) is 13.0. The second-order valence-corrected chi connectivity index (χ2v) is 3.96. The second-order valence-electron chi connectivity index (χ2n) is 3.96. The zero-order valence-electron chi connectivity index (χ0n) is 9.73. The summed E-state index contributed by atoms with van der Waals surface area (Å²) in [4.78, 5) is 13.0. The van der Waals surface area contributed by atoms with Crippen LogP contribution in [0, 0.1) is 18.2 Å². The number of terminal acetylenes is 1. The van der Waals surface area contributed by atoms with Gasteiger partial charge in [0.1, 0.15) is 17.7 Å². The molecule has 4 nitrogen and oxygen atoms in total. The van der Waals surface area contributed by atoms with Crippen molar-refractivity contribution in [2.45, 2.75) is 6.10 Å². The van der Waals surface area contributed by atoms with Crippen LogP contribution < -0.4 is 10.1 Å². The Balaban J connectivity index is 1.75. The first-order valence-corrected chi connectivity index (χ1v) is 5.57. The number of hydrogen-bond acceptors (Lipinski definition) is 2. The average Bonchev–Trinajstić information content (AvgIpc) is 2.32. The minimum atomic E-state index is -0.300. The molecule has 1 aromatic rings. The fourth-order valence-corrected chi connectivity index (χ4v) is 1.62. The third kappa shape index (κ3) is 2.92. The summed E-state index contributed by atoms with van der Waals surface area (Å²) in [5.41, 5.74) is 0. The molecule has 0 bridgehead atoms. The lowest BCUT2D eigenvalue weighted by atomic mass is 10.2. The molecular formula is C13H13FN2O2. The molecule has 0 unspecified atom stereocenters. The molecule has 0 aromatic heterocycles. The molecule has 1 N–H and O–H groups in total. The van der Waals surface area contributed by atoms with Gasteiger partial charge in [-0.25, -0.2) is 9.18 Å². The Kier molecular flexibility index (Phi) is 3.68. The number of benzene rings is 1. The maximum absolute atomic E-state index is 12.7. The van der Waals surface area contributed by atoms with Crippen LogP contribution in [-0.2, 0) is 0 Å². The largest absolute Gasteiger partial charge is 0.487 e. The van der Waals surface area contributed by atoms with Gasteiger partial charge in [-0.1, -0.05) is 5.92 Å². The van der Waals surface area contributed by atoms with Gasteiger partial charge < -0.3 is 15.0 Å². The van der Waals surface area contributed by atoms with Gasteiger partial charge in [-0.2, -0.15) is 0 Å². The van der Waals surface area contributed by atoms with E-state index < -0.39 is 0 Å². The molecule has 0 spiro atoms. The number of likely N-dealkylation sites (tertiary alicyclic amines) is 1. The number of urea groups is 1. The Morgan fingerprint density at radius 1 is 1.50 bits per heavy atom. The number of nitrogens with one attached hydrogen (secondary N) is 1. The number of amides is 2. The summed E-state index contributed by atoms with van der Waals surface area (Å²) in [5.74, 6) is 2.63. The summed E-state index contributed by atoms with van der Waals surface area (Å²) in [6.07, 6.45) is 4.99. The van der Waals surface area contributed by atoms with Gasteiger partial charge in [0, 0.05) is 0 Å². The topological polar surface area (TPSA) is 41.6 Å². The van der Waals surface area contributed by atoms with E-state index in [2.05, 4.69) is 11.2 Å². The lowest BCUT2D eigenvalue weighted by Gasteiger charge is -2.38. The Hall–Kier alpha value is -2.22. The van der Waals surface area contributed by atoms with E-state index in [4.69, 9.17) is 11.2 Å². The Bertz CT molecular complexity index is 461. The molecule has 5 heteroatoms. The minimum absolute atomic E-state index is 0.0490. The first kappa shape index (κ1) is 12.2. The van der Waals surface area contributed by atoms with Gasteiger partial charge in [0.2, 0.25) is 0 Å². The lowest BCUT2D eigenvalue weighted by Crippen LogP contribution is -2.58. The van der Waals surface area contributed by atoms with E-state index in [0.717, 1.165) is 0 Å². The Morgan fingerprint density at radius 2 is 2.17 bits per heavy atom. The number of nitrogens with zero attached hydrogens (tertiary/aromatic N) is 1. The van der Waals surface area contributed by atoms with Crippen molar-refractivity contribution in [1.29, 1.82) is 0 Å². The molecule has 2 amide bonds. The minimum Gasteiger partial charge on any atom is -0.487 e. The van der Waals surface area contributed by atoms with Crippen molar-refractivity contribution in [2.75, 3.05) is 19.6 Å². The number of ether oxygens (including phenoxy) is 1. The van der Waals surface area contributed by atoms with Gasteiger partial charge in [0.25, 0.3) is 0 Å². The number of carbonyl (C=O) groups is 1. The van der Waals surface area contributed by atoms with Gasteiger partial charge in [0.05, 0.1) is 19.6 Å². The average molecular weight is 248 g/mol. The normalized spacial score (nSPS) is 14.6. The first-order chi connectivity index (χ1) is 8.69. The predicted molar refractivity (Wildman–Crippen MR) is 64.6 cm³/mol. The molecule has 1 heterocycles. The van der Waals surface area contributed by atoms with E-state index in [9.17, 15) is 9.18 Å². The summed E-state index contributed by atoms with van der Waals surface area (Å²) < 4.78 is 18.2. The van der Waals surface area contributed by atoms with Crippen LogP contribution in [0.4, 0.5) is 9.18 Å². The smallest absolute Gasteiger partial charge is 0.318 e. The van der Waals surface area contributed by atoms with Crippen LogP contribution in [0.25, 0.3) is 0 Å². The summed E-state index contributed by atoms with van der Waals surface area (Å²) in [6.45, 7) is 1.24. The van der Waals surface area contributed by atoms with Crippen LogP contribution in [0.3, 0.4) is 0 Å². The van der Waals surface area contributed by atoms with Crippen LogP contribution in [-0.4, -0.2) is 36.7 Å². The van der Waals surface area contributed by atoms with Crippen molar-refractivity contribution in [1.82, 2.24) is 10.2 Å². The van der Waals surface area contributed by atoms with E-state index in [1.54, 1.807) is 17.0 Å². The zero-order valence-corrected chi connectivity index (χ0v) is 9.73. The molecule has 1 fully saturated rings. The van der Waals surface area contributed by atoms with Crippen LogP contribution in [0.5, 0.6) is 5.75 Å². The predicted octanol–water partition coefficient (Wildman–Crippen LogP) is 1.23. The van der Waals surface area contributed by atoms with Crippen LogP contribution in [0.15, 0.2) is 24.3 Å². The third-order valence-electron chi connectivity index (χ3n) is 2.59. The Labute approximate surface area is 105 Å². The van der Waals surface area contributed by atoms with Crippen LogP contribution >= 0.6 is 0 Å². The third-order valence-corrected chi connectivity index (χ3v) is 2.59. The number of rotatable bonds is 3. The van der Waals surface area contributed by atoms with E-state index in [-0.39, 0.29) is 24.5 Å².